The number of rotatable bonds is 5. The molecule has 0 aliphatic carbocycles. The van der Waals surface area contributed by atoms with Crippen LogP contribution >= 0.6 is 11.3 Å². The molecule has 7 heteroatoms. The average molecular weight is 228 g/mol. The number of hydrogen-bond donors (Lipinski definition) is 3. The van der Waals surface area contributed by atoms with E-state index in [0.717, 1.165) is 0 Å². The molecule has 0 aliphatic rings. The summed E-state index contributed by atoms with van der Waals surface area (Å²) in [7, 11) is 0. The summed E-state index contributed by atoms with van der Waals surface area (Å²) in [4.78, 5) is 25.7. The summed E-state index contributed by atoms with van der Waals surface area (Å²) in [5, 5.41) is 2.15. The second-order valence-electron chi connectivity index (χ2n) is 3.15. The molecule has 82 valence electrons. The molecule has 0 fully saturated rings. The maximum Gasteiger partial charge on any atom is 0.221 e. The van der Waals surface area contributed by atoms with Gasteiger partial charge >= 0.3 is 0 Å². The van der Waals surface area contributed by atoms with Crippen LogP contribution in [0.15, 0.2) is 5.38 Å². The van der Waals surface area contributed by atoms with Gasteiger partial charge in [0, 0.05) is 18.2 Å². The maximum atomic E-state index is 11.0. The van der Waals surface area contributed by atoms with Gasteiger partial charge in [0.15, 0.2) is 5.13 Å². The monoisotopic (exact) mass is 228 g/mol. The number of amides is 2. The maximum absolute atomic E-state index is 11.0. The second-order valence-corrected chi connectivity index (χ2v) is 4.04. The first-order valence-corrected chi connectivity index (χ1v) is 5.14. The van der Waals surface area contributed by atoms with Crippen LogP contribution in [0.3, 0.4) is 0 Å². The molecule has 0 spiro atoms. The fourth-order valence-electron chi connectivity index (χ4n) is 1.19. The average Bonchev–Trinajstić information content (AvgIpc) is 2.49. The normalized spacial score (nSPS) is 12.3. The summed E-state index contributed by atoms with van der Waals surface area (Å²) in [5.74, 6) is -1.72. The first-order chi connectivity index (χ1) is 6.99. The number of aromatic nitrogens is 1. The Balaban J connectivity index is 2.66. The predicted molar refractivity (Wildman–Crippen MR) is 56.7 cm³/mol. The van der Waals surface area contributed by atoms with E-state index in [-0.39, 0.29) is 6.42 Å². The van der Waals surface area contributed by atoms with Gasteiger partial charge in [-0.25, -0.2) is 4.98 Å². The number of hydrogen-bond acceptors (Lipinski definition) is 5. The molecule has 1 aromatic rings. The van der Waals surface area contributed by atoms with Crippen molar-refractivity contribution in [2.75, 3.05) is 5.73 Å². The van der Waals surface area contributed by atoms with Crippen LogP contribution in [-0.2, 0) is 16.0 Å². The Kier molecular flexibility index (Phi) is 3.62. The van der Waals surface area contributed by atoms with Crippen LogP contribution in [-0.4, -0.2) is 16.8 Å². The molecule has 15 heavy (non-hydrogen) atoms. The van der Waals surface area contributed by atoms with Gasteiger partial charge in [-0.2, -0.15) is 0 Å². The number of nitrogens with two attached hydrogens (primary N) is 3. The van der Waals surface area contributed by atoms with Crippen LogP contribution in [0, 0.1) is 5.92 Å². The van der Waals surface area contributed by atoms with E-state index in [2.05, 4.69) is 4.98 Å². The second kappa shape index (κ2) is 4.74. The summed E-state index contributed by atoms with van der Waals surface area (Å²) < 4.78 is 0. The molecule has 6 nitrogen and oxygen atoms in total. The van der Waals surface area contributed by atoms with Gasteiger partial charge in [-0.1, -0.05) is 0 Å². The molecule has 1 heterocycles. The zero-order valence-corrected chi connectivity index (χ0v) is 8.79. The molecular weight excluding hydrogens is 216 g/mol. The third kappa shape index (κ3) is 3.55. The highest BCUT2D eigenvalue weighted by Crippen LogP contribution is 2.16. The molecule has 1 rings (SSSR count). The van der Waals surface area contributed by atoms with Gasteiger partial charge in [-0.15, -0.1) is 11.3 Å². The summed E-state index contributed by atoms with van der Waals surface area (Å²) in [6.07, 6.45) is 0.235. The molecule has 0 aliphatic heterocycles. The minimum absolute atomic E-state index is 0.0627. The van der Waals surface area contributed by atoms with Gasteiger partial charge in [0.05, 0.1) is 11.6 Å². The summed E-state index contributed by atoms with van der Waals surface area (Å²) in [6.45, 7) is 0. The van der Waals surface area contributed by atoms with E-state index >= 15 is 0 Å². The van der Waals surface area contributed by atoms with Crippen LogP contribution in [0.25, 0.3) is 0 Å². The quantitative estimate of drug-likeness (QED) is 0.612. The van der Waals surface area contributed by atoms with E-state index in [1.807, 2.05) is 0 Å². The number of carbonyl (C=O) groups excluding carboxylic acids is 2. The van der Waals surface area contributed by atoms with Crippen LogP contribution in [0.1, 0.15) is 12.1 Å². The number of carbonyl (C=O) groups is 2. The Morgan fingerprint density at radius 2 is 2.13 bits per heavy atom. The van der Waals surface area contributed by atoms with E-state index in [9.17, 15) is 9.59 Å². The van der Waals surface area contributed by atoms with E-state index in [4.69, 9.17) is 17.2 Å². The number of anilines is 1. The van der Waals surface area contributed by atoms with E-state index in [0.29, 0.717) is 17.2 Å². The van der Waals surface area contributed by atoms with Gasteiger partial charge < -0.3 is 17.2 Å². The van der Waals surface area contributed by atoms with Crippen molar-refractivity contribution in [1.29, 1.82) is 0 Å². The first-order valence-electron chi connectivity index (χ1n) is 4.26. The van der Waals surface area contributed by atoms with Crippen molar-refractivity contribution in [2.45, 2.75) is 12.8 Å². The van der Waals surface area contributed by atoms with Gasteiger partial charge in [0.25, 0.3) is 0 Å². The molecular formula is C8H12N4O2S. The van der Waals surface area contributed by atoms with Crippen molar-refractivity contribution in [2.24, 2.45) is 17.4 Å². The molecule has 0 radical (unpaired) electrons. The van der Waals surface area contributed by atoms with E-state index in [1.54, 1.807) is 5.38 Å². The molecule has 1 atom stereocenters. The number of primary amides is 2. The molecule has 0 saturated carbocycles. The molecule has 0 aromatic carbocycles. The van der Waals surface area contributed by atoms with Gasteiger partial charge in [-0.3, -0.25) is 9.59 Å². The molecule has 1 aromatic heterocycles. The Hall–Kier alpha value is -1.63. The summed E-state index contributed by atoms with van der Waals surface area (Å²) >= 11 is 1.28. The van der Waals surface area contributed by atoms with Gasteiger partial charge in [0.2, 0.25) is 11.8 Å². The largest absolute Gasteiger partial charge is 0.375 e. The third-order valence-corrected chi connectivity index (χ3v) is 2.60. The fourth-order valence-corrected chi connectivity index (χ4v) is 1.76. The van der Waals surface area contributed by atoms with Gasteiger partial charge in [0.1, 0.15) is 0 Å². The Bertz CT molecular complexity index is 376. The fraction of sp³-hybridized carbons (Fsp3) is 0.375. The highest BCUT2D eigenvalue weighted by Gasteiger charge is 2.19. The lowest BCUT2D eigenvalue weighted by Gasteiger charge is -2.08. The van der Waals surface area contributed by atoms with Crippen molar-refractivity contribution >= 4 is 28.3 Å². The topological polar surface area (TPSA) is 125 Å². The van der Waals surface area contributed by atoms with Crippen molar-refractivity contribution < 1.29 is 9.59 Å². The molecule has 0 unspecified atom stereocenters. The highest BCUT2D eigenvalue weighted by molar-refractivity contribution is 7.13. The minimum atomic E-state index is -0.607. The van der Waals surface area contributed by atoms with Crippen LogP contribution < -0.4 is 17.2 Å². The van der Waals surface area contributed by atoms with Crippen LogP contribution in [0.4, 0.5) is 5.13 Å². The van der Waals surface area contributed by atoms with Gasteiger partial charge in [-0.05, 0) is 0 Å². The Morgan fingerprint density at radius 1 is 1.47 bits per heavy atom. The predicted octanol–water partition coefficient (Wildman–Crippen LogP) is -0.755. The van der Waals surface area contributed by atoms with Crippen molar-refractivity contribution in [3.63, 3.8) is 0 Å². The standard InChI is InChI=1S/C8H12N4O2S/c9-6(13)2-4(7(10)14)1-5-3-15-8(11)12-5/h3-4H,1-2H2,(H2,9,13)(H2,10,14)(H2,11,12)/t4-/m1/s1. The highest BCUT2D eigenvalue weighted by atomic mass is 32.1. The number of thiazole rings is 1. The zero-order valence-electron chi connectivity index (χ0n) is 7.97. The lowest BCUT2D eigenvalue weighted by atomic mass is 9.99. The molecule has 0 saturated heterocycles. The Morgan fingerprint density at radius 3 is 2.53 bits per heavy atom. The zero-order chi connectivity index (χ0) is 11.4. The van der Waals surface area contributed by atoms with E-state index < -0.39 is 17.7 Å². The smallest absolute Gasteiger partial charge is 0.221 e. The molecule has 2 amide bonds. The van der Waals surface area contributed by atoms with E-state index in [1.165, 1.54) is 11.3 Å². The molecule has 6 N–H and O–H groups in total. The molecule has 0 bridgehead atoms. The van der Waals surface area contributed by atoms with Crippen molar-refractivity contribution in [1.82, 2.24) is 4.98 Å². The van der Waals surface area contributed by atoms with Crippen LogP contribution in [0.5, 0.6) is 0 Å². The summed E-state index contributed by atoms with van der Waals surface area (Å²) in [5.41, 5.74) is 16.2. The third-order valence-electron chi connectivity index (χ3n) is 1.88. The van der Waals surface area contributed by atoms with Crippen molar-refractivity contribution in [3.8, 4) is 0 Å². The Labute approximate surface area is 90.5 Å². The number of nitrogens with zero attached hydrogens (tertiary/aromatic N) is 1. The van der Waals surface area contributed by atoms with Crippen molar-refractivity contribution in [3.05, 3.63) is 11.1 Å². The SMILES string of the molecule is NC(=O)C[C@@H](Cc1csc(N)n1)C(N)=O. The number of nitrogen functional groups attached to an aromatic ring is 1. The summed E-state index contributed by atoms with van der Waals surface area (Å²) in [6, 6.07) is 0. The van der Waals surface area contributed by atoms with Crippen LogP contribution in [0.2, 0.25) is 0 Å². The lowest BCUT2D eigenvalue weighted by molar-refractivity contribution is -0.126. The lowest BCUT2D eigenvalue weighted by Crippen LogP contribution is -2.29. The first kappa shape index (κ1) is 11.4. The minimum Gasteiger partial charge on any atom is -0.375 e.